The number of nitro groups is 1. The van der Waals surface area contributed by atoms with Crippen molar-refractivity contribution in [3.05, 3.63) is 106 Å². The summed E-state index contributed by atoms with van der Waals surface area (Å²) in [5.74, 6) is -0.454. The Bertz CT molecular complexity index is 1400. The number of carbonyl (C=O) groups excluding carboxylic acids is 1. The zero-order valence-corrected chi connectivity index (χ0v) is 19.4. The van der Waals surface area contributed by atoms with Crippen molar-refractivity contribution in [2.45, 2.75) is 19.4 Å². The second-order valence-electron chi connectivity index (χ2n) is 8.67. The van der Waals surface area contributed by atoms with E-state index in [0.717, 1.165) is 31.5 Å². The van der Waals surface area contributed by atoms with E-state index in [-0.39, 0.29) is 17.1 Å². The van der Waals surface area contributed by atoms with Crippen LogP contribution in [0.4, 0.5) is 21.6 Å². The first-order valence-electron chi connectivity index (χ1n) is 11.7. The molecule has 0 spiro atoms. The Morgan fingerprint density at radius 1 is 1.03 bits per heavy atom. The number of halogens is 1. The van der Waals surface area contributed by atoms with Gasteiger partial charge in [-0.3, -0.25) is 14.9 Å². The maximum absolute atomic E-state index is 13.5. The van der Waals surface area contributed by atoms with Gasteiger partial charge in [-0.25, -0.2) is 9.37 Å². The van der Waals surface area contributed by atoms with Crippen molar-refractivity contribution in [3.8, 4) is 11.3 Å². The molecule has 0 atom stereocenters. The zero-order chi connectivity index (χ0) is 25.1. The Kier molecular flexibility index (Phi) is 6.44. The van der Waals surface area contributed by atoms with Crippen LogP contribution in [-0.4, -0.2) is 33.5 Å². The fourth-order valence-corrected chi connectivity index (χ4v) is 4.45. The second kappa shape index (κ2) is 9.99. The van der Waals surface area contributed by atoms with Crippen molar-refractivity contribution < 1.29 is 14.1 Å². The molecule has 5 rings (SSSR count). The molecule has 3 aromatic carbocycles. The molecule has 1 amide bonds. The third-order valence-electron chi connectivity index (χ3n) is 6.26. The molecule has 0 bridgehead atoms. The van der Waals surface area contributed by atoms with Crippen LogP contribution in [0.5, 0.6) is 0 Å². The number of nitrogens with one attached hydrogen (secondary N) is 1. The number of hydrogen-bond donors (Lipinski definition) is 1. The Hall–Kier alpha value is -4.53. The summed E-state index contributed by atoms with van der Waals surface area (Å²) in [7, 11) is 0. The molecule has 9 heteroatoms. The molecule has 1 fully saturated rings. The Balaban J connectivity index is 1.49. The maximum Gasteiger partial charge on any atom is 0.293 e. The van der Waals surface area contributed by atoms with Crippen molar-refractivity contribution >= 4 is 23.1 Å². The molecule has 0 saturated carbocycles. The monoisotopic (exact) mass is 485 g/mol. The summed E-state index contributed by atoms with van der Waals surface area (Å²) in [6.45, 7) is 1.96. The number of carbonyl (C=O) groups is 1. The van der Waals surface area contributed by atoms with Crippen LogP contribution in [0.25, 0.3) is 11.3 Å². The predicted octanol–water partition coefficient (Wildman–Crippen LogP) is 5.50. The van der Waals surface area contributed by atoms with Crippen LogP contribution >= 0.6 is 0 Å². The van der Waals surface area contributed by atoms with Crippen molar-refractivity contribution in [3.63, 3.8) is 0 Å². The number of hydrogen-bond acceptors (Lipinski definition) is 5. The lowest BCUT2D eigenvalue weighted by Gasteiger charge is -2.18. The van der Waals surface area contributed by atoms with Gasteiger partial charge in [0.05, 0.1) is 17.8 Å². The first-order valence-corrected chi connectivity index (χ1v) is 11.7. The number of nitro benzene ring substituents is 1. The van der Waals surface area contributed by atoms with Crippen molar-refractivity contribution in [1.82, 2.24) is 9.55 Å². The zero-order valence-electron chi connectivity index (χ0n) is 19.4. The minimum Gasteiger partial charge on any atom is -0.366 e. The van der Waals surface area contributed by atoms with Crippen LogP contribution in [0.15, 0.2) is 79.1 Å². The molecule has 36 heavy (non-hydrogen) atoms. The van der Waals surface area contributed by atoms with Crippen LogP contribution in [0.2, 0.25) is 0 Å². The van der Waals surface area contributed by atoms with E-state index < -0.39 is 10.8 Å². The molecule has 1 saturated heterocycles. The van der Waals surface area contributed by atoms with E-state index in [4.69, 9.17) is 0 Å². The number of imidazole rings is 1. The van der Waals surface area contributed by atoms with Crippen LogP contribution in [0.1, 0.15) is 28.8 Å². The molecular weight excluding hydrogens is 461 g/mol. The normalized spacial score (nSPS) is 13.1. The standard InChI is InChI=1S/C27H24FN5O3/c28-22-11-8-20(9-12-22)25-26(32(18-29-25)17-19-6-2-1-3-7-19)30-27(34)21-10-13-23(24(16-21)33(35)36)31-14-4-5-15-31/h1-3,6-13,16,18H,4-5,14-15,17H2,(H,30,34). The molecule has 1 aliphatic heterocycles. The molecule has 1 aliphatic rings. The van der Waals surface area contributed by atoms with Crippen LogP contribution < -0.4 is 10.2 Å². The van der Waals surface area contributed by atoms with Gasteiger partial charge in [-0.2, -0.15) is 0 Å². The highest BCUT2D eigenvalue weighted by atomic mass is 19.1. The number of amides is 1. The Morgan fingerprint density at radius 3 is 2.44 bits per heavy atom. The van der Waals surface area contributed by atoms with Gasteiger partial charge >= 0.3 is 0 Å². The summed E-state index contributed by atoms with van der Waals surface area (Å²) in [5, 5.41) is 14.7. The van der Waals surface area contributed by atoms with E-state index in [1.165, 1.54) is 18.2 Å². The fourth-order valence-electron chi connectivity index (χ4n) is 4.45. The van der Waals surface area contributed by atoms with Crippen LogP contribution in [0, 0.1) is 15.9 Å². The van der Waals surface area contributed by atoms with E-state index in [1.807, 2.05) is 35.2 Å². The summed E-state index contributed by atoms with van der Waals surface area (Å²) in [6, 6.07) is 20.1. The predicted molar refractivity (Wildman–Crippen MR) is 136 cm³/mol. The van der Waals surface area contributed by atoms with Crippen molar-refractivity contribution in [2.75, 3.05) is 23.3 Å². The number of rotatable bonds is 7. The molecular formula is C27H24FN5O3. The highest BCUT2D eigenvalue weighted by molar-refractivity contribution is 6.06. The summed E-state index contributed by atoms with van der Waals surface area (Å²) >= 11 is 0. The number of benzene rings is 3. The summed E-state index contributed by atoms with van der Waals surface area (Å²) in [4.78, 5) is 31.1. The molecule has 1 N–H and O–H groups in total. The summed E-state index contributed by atoms with van der Waals surface area (Å²) in [6.07, 6.45) is 3.58. The minimum atomic E-state index is -0.496. The molecule has 0 aliphatic carbocycles. The second-order valence-corrected chi connectivity index (χ2v) is 8.67. The largest absolute Gasteiger partial charge is 0.366 e. The first-order chi connectivity index (χ1) is 17.5. The van der Waals surface area contributed by atoms with E-state index in [0.29, 0.717) is 29.3 Å². The molecule has 0 radical (unpaired) electrons. The first kappa shape index (κ1) is 23.2. The Morgan fingerprint density at radius 2 is 1.75 bits per heavy atom. The quantitative estimate of drug-likeness (QED) is 0.276. The SMILES string of the molecule is O=C(Nc1c(-c2ccc(F)cc2)ncn1Cc1ccccc1)c1ccc(N2CCCC2)c([N+](=O)[O-])c1. The third-order valence-corrected chi connectivity index (χ3v) is 6.26. The van der Waals surface area contributed by atoms with Crippen molar-refractivity contribution in [1.29, 1.82) is 0 Å². The number of nitrogens with zero attached hydrogens (tertiary/aromatic N) is 4. The molecule has 0 unspecified atom stereocenters. The van der Waals surface area contributed by atoms with Gasteiger partial charge in [0.1, 0.15) is 23.0 Å². The summed E-state index contributed by atoms with van der Waals surface area (Å²) in [5.41, 5.74) is 2.71. The van der Waals surface area contributed by atoms with Gasteiger partial charge in [0.15, 0.2) is 0 Å². The van der Waals surface area contributed by atoms with Crippen molar-refractivity contribution in [2.24, 2.45) is 0 Å². The molecule has 8 nitrogen and oxygen atoms in total. The lowest BCUT2D eigenvalue weighted by atomic mass is 10.1. The lowest BCUT2D eigenvalue weighted by Crippen LogP contribution is -2.20. The van der Waals surface area contributed by atoms with Gasteiger partial charge < -0.3 is 14.8 Å². The number of anilines is 2. The Labute approximate surface area is 207 Å². The average Bonchev–Trinajstić information content (AvgIpc) is 3.56. The fraction of sp³-hybridized carbons (Fsp3) is 0.185. The van der Waals surface area contributed by atoms with Gasteiger partial charge in [0.25, 0.3) is 11.6 Å². The van der Waals surface area contributed by atoms with Crippen LogP contribution in [-0.2, 0) is 6.54 Å². The average molecular weight is 486 g/mol. The van der Waals surface area contributed by atoms with Gasteiger partial charge in [-0.1, -0.05) is 30.3 Å². The smallest absolute Gasteiger partial charge is 0.293 e. The molecule has 1 aromatic heterocycles. The minimum absolute atomic E-state index is 0.0962. The van der Waals surface area contributed by atoms with Crippen LogP contribution in [0.3, 0.4) is 0 Å². The van der Waals surface area contributed by atoms with E-state index >= 15 is 0 Å². The van der Waals surface area contributed by atoms with Gasteiger partial charge in [0.2, 0.25) is 0 Å². The van der Waals surface area contributed by atoms with Gasteiger partial charge in [0, 0.05) is 30.3 Å². The highest BCUT2D eigenvalue weighted by Gasteiger charge is 2.25. The maximum atomic E-state index is 13.5. The number of aromatic nitrogens is 2. The lowest BCUT2D eigenvalue weighted by molar-refractivity contribution is -0.384. The third kappa shape index (κ3) is 4.81. The van der Waals surface area contributed by atoms with E-state index in [9.17, 15) is 19.3 Å². The topological polar surface area (TPSA) is 93.3 Å². The van der Waals surface area contributed by atoms with Gasteiger partial charge in [-0.15, -0.1) is 0 Å². The molecule has 2 heterocycles. The van der Waals surface area contributed by atoms with E-state index in [1.54, 1.807) is 35.2 Å². The highest BCUT2D eigenvalue weighted by Crippen LogP contribution is 2.33. The summed E-state index contributed by atoms with van der Waals surface area (Å²) < 4.78 is 15.3. The van der Waals surface area contributed by atoms with E-state index in [2.05, 4.69) is 10.3 Å². The van der Waals surface area contributed by atoms with Gasteiger partial charge in [-0.05, 0) is 54.8 Å². The molecule has 182 valence electrons. The molecule has 4 aromatic rings.